The summed E-state index contributed by atoms with van der Waals surface area (Å²) < 4.78 is 6.26. The average Bonchev–Trinajstić information content (AvgIpc) is 2.78. The van der Waals surface area contributed by atoms with Crippen LogP contribution in [0.5, 0.6) is 0 Å². The molecule has 2 aromatic rings. The molecule has 90 valence electrons. The highest BCUT2D eigenvalue weighted by molar-refractivity contribution is 9.10. The lowest BCUT2D eigenvalue weighted by Crippen LogP contribution is -2.18. The van der Waals surface area contributed by atoms with Gasteiger partial charge in [0, 0.05) is 15.5 Å². The van der Waals surface area contributed by atoms with Crippen molar-refractivity contribution in [3.63, 3.8) is 0 Å². The SMILES string of the molecule is CC(NCc1ccco1)c1ccc(Br)cc1Cl. The molecule has 0 amide bonds. The van der Waals surface area contributed by atoms with Crippen molar-refractivity contribution in [1.29, 1.82) is 0 Å². The van der Waals surface area contributed by atoms with Gasteiger partial charge in [-0.25, -0.2) is 0 Å². The van der Waals surface area contributed by atoms with E-state index in [9.17, 15) is 0 Å². The number of hydrogen-bond donors (Lipinski definition) is 1. The highest BCUT2D eigenvalue weighted by Crippen LogP contribution is 2.26. The molecule has 17 heavy (non-hydrogen) atoms. The molecule has 2 rings (SSSR count). The Hall–Kier alpha value is -0.770. The molecular formula is C13H13BrClNO. The van der Waals surface area contributed by atoms with Crippen LogP contribution >= 0.6 is 27.5 Å². The quantitative estimate of drug-likeness (QED) is 0.896. The summed E-state index contributed by atoms with van der Waals surface area (Å²) in [5, 5.41) is 4.13. The van der Waals surface area contributed by atoms with Crippen molar-refractivity contribution >= 4 is 27.5 Å². The lowest BCUT2D eigenvalue weighted by molar-refractivity contribution is 0.460. The molecule has 1 N–H and O–H groups in total. The molecule has 0 fully saturated rings. The van der Waals surface area contributed by atoms with Crippen LogP contribution in [-0.4, -0.2) is 0 Å². The minimum absolute atomic E-state index is 0.181. The molecule has 0 saturated heterocycles. The summed E-state index contributed by atoms with van der Waals surface area (Å²) in [7, 11) is 0. The average molecular weight is 315 g/mol. The van der Waals surface area contributed by atoms with E-state index < -0.39 is 0 Å². The second-order valence-electron chi connectivity index (χ2n) is 3.85. The molecule has 4 heteroatoms. The Bertz CT molecular complexity index is 484. The lowest BCUT2D eigenvalue weighted by Gasteiger charge is -2.15. The molecule has 0 radical (unpaired) electrons. The predicted octanol–water partition coefficient (Wildman–Crippen LogP) is 4.55. The van der Waals surface area contributed by atoms with Gasteiger partial charge < -0.3 is 9.73 Å². The molecule has 1 atom stereocenters. The number of halogens is 2. The summed E-state index contributed by atoms with van der Waals surface area (Å²) in [4.78, 5) is 0. The van der Waals surface area contributed by atoms with Gasteiger partial charge >= 0.3 is 0 Å². The first kappa shape index (κ1) is 12.7. The van der Waals surface area contributed by atoms with Crippen LogP contribution in [0.1, 0.15) is 24.3 Å². The van der Waals surface area contributed by atoms with E-state index in [1.165, 1.54) is 0 Å². The van der Waals surface area contributed by atoms with Gasteiger partial charge in [-0.3, -0.25) is 0 Å². The van der Waals surface area contributed by atoms with Crippen LogP contribution in [0.4, 0.5) is 0 Å². The van der Waals surface area contributed by atoms with Gasteiger partial charge in [0.25, 0.3) is 0 Å². The van der Waals surface area contributed by atoms with E-state index in [0.717, 1.165) is 20.8 Å². The van der Waals surface area contributed by atoms with Crippen LogP contribution in [0.2, 0.25) is 5.02 Å². The van der Waals surface area contributed by atoms with E-state index in [-0.39, 0.29) is 6.04 Å². The third-order valence-corrected chi connectivity index (χ3v) is 3.41. The maximum absolute atomic E-state index is 6.19. The van der Waals surface area contributed by atoms with Crippen LogP contribution in [0, 0.1) is 0 Å². The first-order valence-corrected chi connectivity index (χ1v) is 6.54. The normalized spacial score (nSPS) is 12.6. The van der Waals surface area contributed by atoms with Gasteiger partial charge in [-0.05, 0) is 36.8 Å². The monoisotopic (exact) mass is 313 g/mol. The van der Waals surface area contributed by atoms with E-state index in [2.05, 4.69) is 28.2 Å². The number of furan rings is 1. The molecule has 1 aromatic carbocycles. The van der Waals surface area contributed by atoms with Crippen molar-refractivity contribution in [2.75, 3.05) is 0 Å². The fourth-order valence-electron chi connectivity index (χ4n) is 1.63. The van der Waals surface area contributed by atoms with Crippen molar-refractivity contribution < 1.29 is 4.42 Å². The summed E-state index contributed by atoms with van der Waals surface area (Å²) in [6.45, 7) is 2.78. The van der Waals surface area contributed by atoms with Gasteiger partial charge in [-0.1, -0.05) is 33.6 Å². The van der Waals surface area contributed by atoms with Crippen molar-refractivity contribution in [3.8, 4) is 0 Å². The smallest absolute Gasteiger partial charge is 0.117 e. The highest BCUT2D eigenvalue weighted by atomic mass is 79.9. The topological polar surface area (TPSA) is 25.2 Å². The molecule has 1 heterocycles. The fraction of sp³-hybridized carbons (Fsp3) is 0.231. The number of benzene rings is 1. The van der Waals surface area contributed by atoms with Crippen molar-refractivity contribution in [2.24, 2.45) is 0 Å². The molecular weight excluding hydrogens is 302 g/mol. The van der Waals surface area contributed by atoms with Crippen LogP contribution in [-0.2, 0) is 6.54 Å². The van der Waals surface area contributed by atoms with Crippen molar-refractivity contribution in [2.45, 2.75) is 19.5 Å². The Labute approximate surface area is 114 Å². The van der Waals surface area contributed by atoms with Crippen LogP contribution in [0.15, 0.2) is 45.5 Å². The van der Waals surface area contributed by atoms with E-state index in [1.807, 2.05) is 30.3 Å². The van der Waals surface area contributed by atoms with Crippen LogP contribution < -0.4 is 5.32 Å². The first-order chi connectivity index (χ1) is 8.16. The molecule has 1 unspecified atom stereocenters. The molecule has 0 aliphatic carbocycles. The van der Waals surface area contributed by atoms with Crippen LogP contribution in [0.25, 0.3) is 0 Å². The van der Waals surface area contributed by atoms with Gasteiger partial charge in [0.05, 0.1) is 12.8 Å². The Balaban J connectivity index is 2.01. The van der Waals surface area contributed by atoms with E-state index in [0.29, 0.717) is 6.54 Å². The molecule has 0 bridgehead atoms. The molecule has 0 aliphatic heterocycles. The van der Waals surface area contributed by atoms with Crippen molar-refractivity contribution in [3.05, 3.63) is 57.4 Å². The Kier molecular flexibility index (Phi) is 4.26. The van der Waals surface area contributed by atoms with Gasteiger partial charge in [-0.15, -0.1) is 0 Å². The van der Waals surface area contributed by atoms with E-state index >= 15 is 0 Å². The van der Waals surface area contributed by atoms with E-state index in [4.69, 9.17) is 16.0 Å². The summed E-state index contributed by atoms with van der Waals surface area (Å²) >= 11 is 9.59. The molecule has 1 aromatic heterocycles. The van der Waals surface area contributed by atoms with Gasteiger partial charge in [0.2, 0.25) is 0 Å². The summed E-state index contributed by atoms with van der Waals surface area (Å²) in [6, 6.07) is 9.93. The fourth-order valence-corrected chi connectivity index (χ4v) is 2.47. The Morgan fingerprint density at radius 2 is 2.24 bits per heavy atom. The number of hydrogen-bond acceptors (Lipinski definition) is 2. The third kappa shape index (κ3) is 3.35. The standard InChI is InChI=1S/C13H13BrClNO/c1-9(16-8-11-3-2-6-17-11)12-5-4-10(14)7-13(12)15/h2-7,9,16H,8H2,1H3. The van der Waals surface area contributed by atoms with E-state index in [1.54, 1.807) is 6.26 Å². The number of rotatable bonds is 4. The molecule has 0 spiro atoms. The summed E-state index contributed by atoms with van der Waals surface area (Å²) in [6.07, 6.45) is 1.67. The molecule has 2 nitrogen and oxygen atoms in total. The Morgan fingerprint density at radius 1 is 1.41 bits per heavy atom. The highest BCUT2D eigenvalue weighted by Gasteiger charge is 2.09. The van der Waals surface area contributed by atoms with Crippen molar-refractivity contribution in [1.82, 2.24) is 5.32 Å². The second kappa shape index (κ2) is 5.71. The zero-order chi connectivity index (χ0) is 12.3. The molecule has 0 saturated carbocycles. The maximum Gasteiger partial charge on any atom is 0.117 e. The third-order valence-electron chi connectivity index (χ3n) is 2.59. The van der Waals surface area contributed by atoms with Gasteiger partial charge in [-0.2, -0.15) is 0 Å². The summed E-state index contributed by atoms with van der Waals surface area (Å²) in [5.41, 5.74) is 1.08. The first-order valence-electron chi connectivity index (χ1n) is 5.37. The minimum Gasteiger partial charge on any atom is -0.468 e. The van der Waals surface area contributed by atoms with Gasteiger partial charge in [0.1, 0.15) is 5.76 Å². The number of nitrogens with one attached hydrogen (secondary N) is 1. The summed E-state index contributed by atoms with van der Waals surface area (Å²) in [5.74, 6) is 0.921. The predicted molar refractivity (Wildman–Crippen MR) is 73.1 cm³/mol. The maximum atomic E-state index is 6.19. The largest absolute Gasteiger partial charge is 0.468 e. The minimum atomic E-state index is 0.181. The van der Waals surface area contributed by atoms with Crippen LogP contribution in [0.3, 0.4) is 0 Å². The van der Waals surface area contributed by atoms with Gasteiger partial charge in [0.15, 0.2) is 0 Å². The molecule has 0 aliphatic rings. The second-order valence-corrected chi connectivity index (χ2v) is 5.17. The Morgan fingerprint density at radius 3 is 2.88 bits per heavy atom. The zero-order valence-electron chi connectivity index (χ0n) is 9.41. The zero-order valence-corrected chi connectivity index (χ0v) is 11.8. The lowest BCUT2D eigenvalue weighted by atomic mass is 10.1.